The van der Waals surface area contributed by atoms with E-state index in [1.165, 1.54) is 23.1 Å². The van der Waals surface area contributed by atoms with Crippen LogP contribution in [-0.4, -0.2) is 21.6 Å². The Bertz CT molecular complexity index is 1380. The second-order valence-electron chi connectivity index (χ2n) is 6.98. The van der Waals surface area contributed by atoms with Crippen molar-refractivity contribution in [1.82, 2.24) is 9.97 Å². The van der Waals surface area contributed by atoms with Gasteiger partial charge >= 0.3 is 0 Å². The van der Waals surface area contributed by atoms with Crippen LogP contribution in [0.1, 0.15) is 12.0 Å². The third-order valence-electron chi connectivity index (χ3n) is 4.65. The molecule has 1 amide bonds. The van der Waals surface area contributed by atoms with Crippen molar-refractivity contribution in [1.29, 1.82) is 5.26 Å². The van der Waals surface area contributed by atoms with Gasteiger partial charge in [-0.15, -0.1) is 23.1 Å². The van der Waals surface area contributed by atoms with E-state index in [4.69, 9.17) is 34.8 Å². The molecule has 4 rings (SSSR count). The Balaban J connectivity index is 1.36. The highest BCUT2D eigenvalue weighted by atomic mass is 35.5. The van der Waals surface area contributed by atoms with E-state index in [-0.39, 0.29) is 12.3 Å². The number of anilines is 1. The number of nitrogens with zero attached hydrogens (tertiary/aromatic N) is 3. The Labute approximate surface area is 219 Å². The van der Waals surface area contributed by atoms with Crippen LogP contribution in [0.15, 0.2) is 65.0 Å². The van der Waals surface area contributed by atoms with Gasteiger partial charge in [0.15, 0.2) is 5.13 Å². The molecule has 10 heteroatoms. The van der Waals surface area contributed by atoms with Crippen molar-refractivity contribution in [3.8, 4) is 28.6 Å². The van der Waals surface area contributed by atoms with Crippen molar-refractivity contribution in [2.75, 3.05) is 11.1 Å². The molecular formula is C24H15Cl3N4OS2. The Kier molecular flexibility index (Phi) is 8.09. The molecule has 0 aliphatic rings. The second kappa shape index (κ2) is 11.2. The summed E-state index contributed by atoms with van der Waals surface area (Å²) in [6.45, 7) is 0. The number of hydrogen-bond donors (Lipinski definition) is 1. The molecule has 2 aromatic heterocycles. The molecule has 0 unspecified atom stereocenters. The number of carbonyl (C=O) groups is 1. The van der Waals surface area contributed by atoms with Gasteiger partial charge in [-0.1, -0.05) is 53.0 Å². The van der Waals surface area contributed by atoms with E-state index in [0.717, 1.165) is 16.8 Å². The highest BCUT2D eigenvalue weighted by Crippen LogP contribution is 2.31. The minimum atomic E-state index is -0.171. The summed E-state index contributed by atoms with van der Waals surface area (Å²) in [5.74, 6) is 0.290. The lowest BCUT2D eigenvalue weighted by Gasteiger charge is -2.07. The Morgan fingerprint density at radius 3 is 2.47 bits per heavy atom. The van der Waals surface area contributed by atoms with E-state index in [1.54, 1.807) is 36.4 Å². The number of benzene rings is 2. The van der Waals surface area contributed by atoms with Gasteiger partial charge < -0.3 is 5.32 Å². The topological polar surface area (TPSA) is 78.7 Å². The summed E-state index contributed by atoms with van der Waals surface area (Å²) in [7, 11) is 0. The predicted molar refractivity (Wildman–Crippen MR) is 141 cm³/mol. The quantitative estimate of drug-likeness (QED) is 0.239. The molecule has 0 aliphatic heterocycles. The number of aromatic nitrogens is 2. The number of hydrogen-bond acceptors (Lipinski definition) is 6. The van der Waals surface area contributed by atoms with Gasteiger partial charge in [-0.2, -0.15) is 5.26 Å². The average Bonchev–Trinajstić information content (AvgIpc) is 3.29. The van der Waals surface area contributed by atoms with E-state index in [0.29, 0.717) is 42.2 Å². The van der Waals surface area contributed by atoms with Crippen molar-refractivity contribution >= 4 is 68.9 Å². The molecule has 4 aromatic rings. The number of amides is 1. The first kappa shape index (κ1) is 24.5. The average molecular weight is 546 g/mol. The lowest BCUT2D eigenvalue weighted by Crippen LogP contribution is -2.12. The van der Waals surface area contributed by atoms with Crippen LogP contribution in [0.25, 0.3) is 22.5 Å². The zero-order valence-corrected chi connectivity index (χ0v) is 21.3. The van der Waals surface area contributed by atoms with Crippen LogP contribution in [0.4, 0.5) is 5.13 Å². The number of carbonyl (C=O) groups excluding carboxylic acids is 1. The molecule has 2 heterocycles. The largest absolute Gasteiger partial charge is 0.302 e. The lowest BCUT2D eigenvalue weighted by atomic mass is 10.1. The van der Waals surface area contributed by atoms with Crippen LogP contribution >= 0.6 is 57.9 Å². The maximum Gasteiger partial charge on any atom is 0.226 e. The summed E-state index contributed by atoms with van der Waals surface area (Å²) >= 11 is 20.7. The van der Waals surface area contributed by atoms with E-state index in [1.807, 2.05) is 23.6 Å². The van der Waals surface area contributed by atoms with Crippen molar-refractivity contribution in [3.63, 3.8) is 0 Å². The Morgan fingerprint density at radius 2 is 1.74 bits per heavy atom. The van der Waals surface area contributed by atoms with Crippen LogP contribution in [0.5, 0.6) is 0 Å². The lowest BCUT2D eigenvalue weighted by molar-refractivity contribution is -0.115. The van der Waals surface area contributed by atoms with E-state index in [9.17, 15) is 10.1 Å². The van der Waals surface area contributed by atoms with Gasteiger partial charge in [-0.05, 0) is 36.4 Å². The first-order chi connectivity index (χ1) is 16.4. The maximum absolute atomic E-state index is 12.4. The fourth-order valence-corrected chi connectivity index (χ4v) is 5.03. The minimum absolute atomic E-state index is 0.171. The zero-order valence-electron chi connectivity index (χ0n) is 17.4. The number of nitriles is 1. The van der Waals surface area contributed by atoms with Crippen molar-refractivity contribution in [2.24, 2.45) is 0 Å². The number of rotatable bonds is 7. The van der Waals surface area contributed by atoms with Crippen LogP contribution < -0.4 is 5.32 Å². The van der Waals surface area contributed by atoms with Crippen molar-refractivity contribution in [3.05, 3.63) is 80.6 Å². The number of halogens is 3. The minimum Gasteiger partial charge on any atom is -0.302 e. The fourth-order valence-electron chi connectivity index (χ4n) is 2.96. The van der Waals surface area contributed by atoms with E-state index < -0.39 is 0 Å². The fraction of sp³-hybridized carbons (Fsp3) is 0.0833. The summed E-state index contributed by atoms with van der Waals surface area (Å²) in [5.41, 5.74) is 3.62. The van der Waals surface area contributed by atoms with E-state index >= 15 is 0 Å². The smallest absolute Gasteiger partial charge is 0.226 e. The van der Waals surface area contributed by atoms with E-state index in [2.05, 4.69) is 21.4 Å². The first-order valence-electron chi connectivity index (χ1n) is 9.93. The molecule has 0 fully saturated rings. The summed E-state index contributed by atoms with van der Waals surface area (Å²) < 4.78 is 0. The van der Waals surface area contributed by atoms with Gasteiger partial charge in [-0.25, -0.2) is 9.97 Å². The Morgan fingerprint density at radius 1 is 0.971 bits per heavy atom. The maximum atomic E-state index is 12.4. The van der Waals surface area contributed by atoms with Crippen LogP contribution in [0, 0.1) is 11.3 Å². The number of thiazole rings is 1. The van der Waals surface area contributed by atoms with Gasteiger partial charge in [0, 0.05) is 33.7 Å². The van der Waals surface area contributed by atoms with Gasteiger partial charge in [0.1, 0.15) is 11.1 Å². The van der Waals surface area contributed by atoms with Crippen LogP contribution in [-0.2, 0) is 4.79 Å². The molecule has 0 atom stereocenters. The third-order valence-corrected chi connectivity index (χ3v) is 7.40. The van der Waals surface area contributed by atoms with Gasteiger partial charge in [-0.3, -0.25) is 4.79 Å². The zero-order chi connectivity index (χ0) is 24.1. The van der Waals surface area contributed by atoms with Crippen molar-refractivity contribution in [2.45, 2.75) is 11.4 Å². The summed E-state index contributed by atoms with van der Waals surface area (Å²) in [6.07, 6.45) is 0.240. The molecule has 1 N–H and O–H groups in total. The number of nitrogens with one attached hydrogen (secondary N) is 1. The molecule has 0 saturated heterocycles. The monoisotopic (exact) mass is 544 g/mol. The van der Waals surface area contributed by atoms with Gasteiger partial charge in [0.05, 0.1) is 27.0 Å². The normalized spacial score (nSPS) is 10.6. The first-order valence-corrected chi connectivity index (χ1v) is 12.9. The summed E-state index contributed by atoms with van der Waals surface area (Å²) in [6, 6.07) is 18.3. The molecular weight excluding hydrogens is 531 g/mol. The molecule has 0 bridgehead atoms. The molecule has 2 aromatic carbocycles. The molecule has 34 heavy (non-hydrogen) atoms. The number of thioether (sulfide) groups is 1. The molecule has 0 saturated carbocycles. The predicted octanol–water partition coefficient (Wildman–Crippen LogP) is 7.82. The summed E-state index contributed by atoms with van der Waals surface area (Å²) in [4.78, 5) is 21.5. The molecule has 0 radical (unpaired) electrons. The molecule has 5 nitrogen and oxygen atoms in total. The molecule has 170 valence electrons. The number of pyridine rings is 1. The van der Waals surface area contributed by atoms with Crippen LogP contribution in [0.2, 0.25) is 15.1 Å². The SMILES string of the molecule is N#Cc1ccc(-c2ccc(Cl)cc2)nc1SCCC(=O)Nc1nc(-c2ccc(Cl)c(Cl)c2)cs1. The van der Waals surface area contributed by atoms with Gasteiger partial charge in [0.2, 0.25) is 5.91 Å². The van der Waals surface area contributed by atoms with Gasteiger partial charge in [0.25, 0.3) is 0 Å². The standard InChI is InChI=1S/C24H15Cl3N4OS2/c25-17-5-1-14(2-6-17)20-8-4-16(12-28)23(29-20)33-10-9-22(32)31-24-30-21(13-34-24)15-3-7-18(26)19(27)11-15/h1-8,11,13H,9-10H2,(H,30,31,32). The summed E-state index contributed by atoms with van der Waals surface area (Å²) in [5, 5.41) is 16.7. The Hall–Kier alpha value is -2.60. The molecule has 0 aliphatic carbocycles. The highest BCUT2D eigenvalue weighted by molar-refractivity contribution is 7.99. The van der Waals surface area contributed by atoms with Crippen LogP contribution in [0.3, 0.4) is 0 Å². The molecule has 0 spiro atoms. The van der Waals surface area contributed by atoms with Crippen molar-refractivity contribution < 1.29 is 4.79 Å². The highest BCUT2D eigenvalue weighted by Gasteiger charge is 2.12. The second-order valence-corrected chi connectivity index (χ2v) is 10.2. The third kappa shape index (κ3) is 6.09.